The summed E-state index contributed by atoms with van der Waals surface area (Å²) in [5.41, 5.74) is 0.389. The number of pyridine rings is 1. The van der Waals surface area contributed by atoms with Gasteiger partial charge in [-0.2, -0.15) is 0 Å². The second-order valence-electron chi connectivity index (χ2n) is 3.89. The fourth-order valence-corrected chi connectivity index (χ4v) is 2.73. The van der Waals surface area contributed by atoms with Crippen molar-refractivity contribution in [2.75, 3.05) is 6.54 Å². The molecule has 0 N–H and O–H groups in total. The molecular weight excluding hydrogens is 303 g/mol. The maximum atomic E-state index is 12.4. The number of carbonyl (C=O) groups is 1. The maximum absolute atomic E-state index is 12.4. The molecule has 2 aromatic rings. The summed E-state index contributed by atoms with van der Waals surface area (Å²) in [7, 11) is 0. The summed E-state index contributed by atoms with van der Waals surface area (Å²) in [4.78, 5) is 19.1. The van der Waals surface area contributed by atoms with E-state index in [1.54, 1.807) is 16.2 Å². The molecule has 2 heterocycles. The van der Waals surface area contributed by atoms with Gasteiger partial charge in [0.25, 0.3) is 5.91 Å². The monoisotopic (exact) mass is 314 g/mol. The molecule has 0 aromatic carbocycles. The molecule has 0 saturated heterocycles. The van der Waals surface area contributed by atoms with Gasteiger partial charge in [0.2, 0.25) is 0 Å². The number of halogens is 2. The Morgan fingerprint density at radius 2 is 2.26 bits per heavy atom. The van der Waals surface area contributed by atoms with Crippen LogP contribution in [-0.2, 0) is 6.54 Å². The van der Waals surface area contributed by atoms with Gasteiger partial charge in [-0.3, -0.25) is 4.79 Å². The fourth-order valence-electron chi connectivity index (χ4n) is 1.67. The van der Waals surface area contributed by atoms with Gasteiger partial charge in [-0.05, 0) is 24.4 Å². The molecule has 0 aliphatic heterocycles. The number of amides is 1. The lowest BCUT2D eigenvalue weighted by molar-refractivity contribution is 0.0754. The van der Waals surface area contributed by atoms with Crippen molar-refractivity contribution in [1.29, 1.82) is 0 Å². The Hall–Kier alpha value is -1.10. The van der Waals surface area contributed by atoms with Crippen LogP contribution < -0.4 is 0 Å². The zero-order valence-electron chi connectivity index (χ0n) is 10.3. The van der Waals surface area contributed by atoms with E-state index < -0.39 is 0 Å². The SMILES string of the molecule is CCN(Cc1cccs1)C(=O)c1cc(Cl)ncc1Cl. The molecule has 0 aliphatic rings. The molecule has 0 bridgehead atoms. The first kappa shape index (κ1) is 14.3. The van der Waals surface area contributed by atoms with Gasteiger partial charge >= 0.3 is 0 Å². The van der Waals surface area contributed by atoms with Crippen LogP contribution in [0.4, 0.5) is 0 Å². The highest BCUT2D eigenvalue weighted by Crippen LogP contribution is 2.21. The molecule has 6 heteroatoms. The first-order valence-corrected chi connectivity index (χ1v) is 7.38. The summed E-state index contributed by atoms with van der Waals surface area (Å²) in [6.07, 6.45) is 1.40. The number of rotatable bonds is 4. The molecule has 1 amide bonds. The molecular formula is C13H12Cl2N2OS. The van der Waals surface area contributed by atoms with Crippen LogP contribution in [0.5, 0.6) is 0 Å². The van der Waals surface area contributed by atoms with Crippen molar-refractivity contribution in [3.8, 4) is 0 Å². The normalized spacial score (nSPS) is 10.5. The molecule has 0 saturated carbocycles. The molecule has 100 valence electrons. The van der Waals surface area contributed by atoms with E-state index in [1.165, 1.54) is 12.3 Å². The number of aromatic nitrogens is 1. The van der Waals surface area contributed by atoms with Crippen LogP contribution in [0.1, 0.15) is 22.2 Å². The molecule has 0 spiro atoms. The maximum Gasteiger partial charge on any atom is 0.255 e. The van der Waals surface area contributed by atoms with Gasteiger partial charge in [0, 0.05) is 17.6 Å². The van der Waals surface area contributed by atoms with E-state index in [0.29, 0.717) is 23.7 Å². The Labute approximate surface area is 125 Å². The number of carbonyl (C=O) groups excluding carboxylic acids is 1. The largest absolute Gasteiger partial charge is 0.334 e. The molecule has 0 radical (unpaired) electrons. The number of nitrogens with zero attached hydrogens (tertiary/aromatic N) is 2. The smallest absolute Gasteiger partial charge is 0.255 e. The lowest BCUT2D eigenvalue weighted by atomic mass is 10.2. The van der Waals surface area contributed by atoms with Crippen molar-refractivity contribution in [2.24, 2.45) is 0 Å². The third kappa shape index (κ3) is 3.47. The highest BCUT2D eigenvalue weighted by molar-refractivity contribution is 7.09. The van der Waals surface area contributed by atoms with E-state index in [9.17, 15) is 4.79 Å². The van der Waals surface area contributed by atoms with Gasteiger partial charge in [-0.1, -0.05) is 29.3 Å². The predicted molar refractivity (Wildman–Crippen MR) is 79.0 cm³/mol. The Balaban J connectivity index is 2.23. The third-order valence-electron chi connectivity index (χ3n) is 2.65. The Kier molecular flexibility index (Phi) is 4.80. The average Bonchev–Trinajstić information content (AvgIpc) is 2.91. The van der Waals surface area contributed by atoms with Crippen LogP contribution in [0, 0.1) is 0 Å². The van der Waals surface area contributed by atoms with Crippen LogP contribution in [0.2, 0.25) is 10.2 Å². The van der Waals surface area contributed by atoms with E-state index >= 15 is 0 Å². The van der Waals surface area contributed by atoms with Crippen molar-refractivity contribution in [3.63, 3.8) is 0 Å². The fraction of sp³-hybridized carbons (Fsp3) is 0.231. The van der Waals surface area contributed by atoms with Crippen LogP contribution in [-0.4, -0.2) is 22.3 Å². The second kappa shape index (κ2) is 6.37. The van der Waals surface area contributed by atoms with E-state index in [1.807, 2.05) is 24.4 Å². The van der Waals surface area contributed by atoms with Gasteiger partial charge in [-0.25, -0.2) is 4.98 Å². The van der Waals surface area contributed by atoms with E-state index in [0.717, 1.165) is 4.88 Å². The zero-order chi connectivity index (χ0) is 13.8. The number of thiophene rings is 1. The average molecular weight is 315 g/mol. The first-order valence-electron chi connectivity index (χ1n) is 5.74. The standard InChI is InChI=1S/C13H12Cl2N2OS/c1-2-17(8-9-4-3-5-19-9)13(18)10-6-12(15)16-7-11(10)14/h3-7H,2,8H2,1H3. The summed E-state index contributed by atoms with van der Waals surface area (Å²) in [6.45, 7) is 3.11. The second-order valence-corrected chi connectivity index (χ2v) is 5.71. The summed E-state index contributed by atoms with van der Waals surface area (Å²) in [5.74, 6) is -0.134. The summed E-state index contributed by atoms with van der Waals surface area (Å²) < 4.78 is 0. The minimum Gasteiger partial charge on any atom is -0.334 e. The topological polar surface area (TPSA) is 33.2 Å². The Morgan fingerprint density at radius 1 is 1.47 bits per heavy atom. The van der Waals surface area contributed by atoms with Crippen LogP contribution in [0.15, 0.2) is 29.8 Å². The summed E-state index contributed by atoms with van der Waals surface area (Å²) in [5, 5.41) is 2.57. The highest BCUT2D eigenvalue weighted by Gasteiger charge is 2.18. The van der Waals surface area contributed by atoms with Gasteiger partial charge in [0.05, 0.1) is 17.1 Å². The summed E-state index contributed by atoms with van der Waals surface area (Å²) >= 11 is 13.4. The third-order valence-corrected chi connectivity index (χ3v) is 4.02. The molecule has 0 fully saturated rings. The van der Waals surface area contributed by atoms with E-state index in [4.69, 9.17) is 23.2 Å². The van der Waals surface area contributed by atoms with Gasteiger partial charge in [0.15, 0.2) is 0 Å². The molecule has 0 aliphatic carbocycles. The lowest BCUT2D eigenvalue weighted by Crippen LogP contribution is -2.30. The van der Waals surface area contributed by atoms with Crippen molar-refractivity contribution in [1.82, 2.24) is 9.88 Å². The van der Waals surface area contributed by atoms with Crippen molar-refractivity contribution in [3.05, 3.63) is 50.4 Å². The molecule has 0 unspecified atom stereocenters. The van der Waals surface area contributed by atoms with Gasteiger partial charge in [0.1, 0.15) is 5.15 Å². The minimum absolute atomic E-state index is 0.134. The summed E-state index contributed by atoms with van der Waals surface area (Å²) in [6, 6.07) is 5.47. The van der Waals surface area contributed by atoms with Crippen molar-refractivity contribution >= 4 is 40.4 Å². The molecule has 2 rings (SSSR count). The van der Waals surface area contributed by atoms with Crippen LogP contribution >= 0.6 is 34.5 Å². The first-order chi connectivity index (χ1) is 9.11. The highest BCUT2D eigenvalue weighted by atomic mass is 35.5. The van der Waals surface area contributed by atoms with Gasteiger partial charge in [-0.15, -0.1) is 11.3 Å². The van der Waals surface area contributed by atoms with Crippen molar-refractivity contribution < 1.29 is 4.79 Å². The molecule has 3 nitrogen and oxygen atoms in total. The minimum atomic E-state index is -0.134. The Bertz CT molecular complexity index is 572. The quantitative estimate of drug-likeness (QED) is 0.796. The predicted octanol–water partition coefficient (Wildman–Crippen LogP) is 4.11. The van der Waals surface area contributed by atoms with E-state index in [2.05, 4.69) is 4.98 Å². The lowest BCUT2D eigenvalue weighted by Gasteiger charge is -2.20. The molecule has 0 atom stereocenters. The van der Waals surface area contributed by atoms with E-state index in [-0.39, 0.29) is 11.1 Å². The van der Waals surface area contributed by atoms with Gasteiger partial charge < -0.3 is 4.90 Å². The van der Waals surface area contributed by atoms with Crippen LogP contribution in [0.3, 0.4) is 0 Å². The Morgan fingerprint density at radius 3 is 2.89 bits per heavy atom. The number of hydrogen-bond acceptors (Lipinski definition) is 3. The molecule has 2 aromatic heterocycles. The van der Waals surface area contributed by atoms with Crippen molar-refractivity contribution in [2.45, 2.75) is 13.5 Å². The molecule has 19 heavy (non-hydrogen) atoms. The number of hydrogen-bond donors (Lipinski definition) is 0. The van der Waals surface area contributed by atoms with Crippen LogP contribution in [0.25, 0.3) is 0 Å². The zero-order valence-corrected chi connectivity index (χ0v) is 12.6.